The average Bonchev–Trinajstić information content (AvgIpc) is 3.02. The summed E-state index contributed by atoms with van der Waals surface area (Å²) in [7, 11) is 0. The molecule has 6 nitrogen and oxygen atoms in total. The summed E-state index contributed by atoms with van der Waals surface area (Å²) >= 11 is -4.88. The number of carbonyl (C=O) groups is 3. The molecule has 0 aromatic carbocycles. The predicted molar refractivity (Wildman–Crippen MR) is 195 cm³/mol. The third kappa shape index (κ3) is 29.1. The van der Waals surface area contributed by atoms with Gasteiger partial charge in [0.25, 0.3) is 0 Å². The second-order valence-electron chi connectivity index (χ2n) is 13.3. The second kappa shape index (κ2) is 33.8. The Bertz CT molecular complexity index is 652. The Morgan fingerprint density at radius 3 is 0.848 bits per heavy atom. The predicted octanol–water partition coefficient (Wildman–Crippen LogP) is 12.5. The zero-order valence-corrected chi connectivity index (χ0v) is 33.5. The van der Waals surface area contributed by atoms with Crippen LogP contribution >= 0.6 is 0 Å². The Hall–Kier alpha value is -1.05. The molecule has 0 saturated heterocycles. The molecule has 0 N–H and O–H groups in total. The van der Waals surface area contributed by atoms with Crippen LogP contribution in [0.25, 0.3) is 0 Å². The fraction of sp³-hybridized carbons (Fsp3) is 0.872. The standard InChI is InChI=1S/3C12H24O2.C3H5.Sn/c3*1-2-3-4-5-6-7-8-9-10-11-12(13)14;1-3-2;/h3*2-11H2,1H3,(H,13,14);3H,1-2H2;/q;;;;+3/p-3. The molecule has 0 aromatic heterocycles. The van der Waals surface area contributed by atoms with Crippen molar-refractivity contribution in [1.29, 1.82) is 0 Å². The minimum Gasteiger partial charge on any atom is -0.0654 e. The van der Waals surface area contributed by atoms with Crippen molar-refractivity contribution in [3.63, 3.8) is 0 Å². The smallest absolute Gasteiger partial charge is 0.0654 e. The van der Waals surface area contributed by atoms with Crippen LogP contribution in [0.3, 0.4) is 0 Å². The normalized spacial score (nSPS) is 11.4. The first kappa shape index (κ1) is 44.9. The Kier molecular flexibility index (Phi) is 33.1. The molecule has 0 aromatic rings. The van der Waals surface area contributed by atoms with Gasteiger partial charge in [-0.15, -0.1) is 0 Å². The van der Waals surface area contributed by atoms with Gasteiger partial charge in [-0.1, -0.05) is 20.8 Å². The third-order valence-electron chi connectivity index (χ3n) is 8.66. The third-order valence-corrected chi connectivity index (χ3v) is 15.5. The monoisotopic (exact) mass is 758 g/mol. The molecule has 0 radical (unpaired) electrons. The summed E-state index contributed by atoms with van der Waals surface area (Å²) in [4.78, 5) is 38.9. The molecule has 0 heterocycles. The molecule has 0 spiro atoms. The number of allylic oxidation sites excluding steroid dienone is 1. The molecule has 0 amide bonds. The van der Waals surface area contributed by atoms with E-state index in [1.165, 1.54) is 116 Å². The fourth-order valence-corrected chi connectivity index (χ4v) is 11.7. The molecule has 0 aliphatic carbocycles. The Balaban J connectivity index is 4.87. The molecule has 46 heavy (non-hydrogen) atoms. The minimum absolute atomic E-state index is 0.116. The van der Waals surface area contributed by atoms with Crippen LogP contribution in [-0.4, -0.2) is 37.5 Å². The van der Waals surface area contributed by atoms with Crippen molar-refractivity contribution in [1.82, 2.24) is 0 Å². The fourth-order valence-electron chi connectivity index (χ4n) is 5.78. The summed E-state index contributed by atoms with van der Waals surface area (Å²) < 4.78 is 17.8. The van der Waals surface area contributed by atoms with Crippen LogP contribution < -0.4 is 0 Å². The molecule has 0 rings (SSSR count). The topological polar surface area (TPSA) is 78.9 Å². The Morgan fingerprint density at radius 1 is 0.413 bits per heavy atom. The van der Waals surface area contributed by atoms with Gasteiger partial charge in [-0.25, -0.2) is 0 Å². The van der Waals surface area contributed by atoms with Gasteiger partial charge >= 0.3 is 271 Å². The van der Waals surface area contributed by atoms with E-state index in [4.69, 9.17) is 9.22 Å². The van der Waals surface area contributed by atoms with Gasteiger partial charge in [0.2, 0.25) is 0 Å². The van der Waals surface area contributed by atoms with E-state index in [-0.39, 0.29) is 23.7 Å². The summed E-state index contributed by atoms with van der Waals surface area (Å²) in [5.41, 5.74) is 0. The van der Waals surface area contributed by atoms with E-state index in [0.717, 1.165) is 57.8 Å². The van der Waals surface area contributed by atoms with Gasteiger partial charge in [0.15, 0.2) is 0 Å². The first-order valence-electron chi connectivity index (χ1n) is 19.7. The van der Waals surface area contributed by atoms with Crippen LogP contribution in [0.2, 0.25) is 4.44 Å². The van der Waals surface area contributed by atoms with Gasteiger partial charge < -0.3 is 0 Å². The average molecular weight is 758 g/mol. The van der Waals surface area contributed by atoms with Crippen LogP contribution in [0.15, 0.2) is 12.7 Å². The van der Waals surface area contributed by atoms with Gasteiger partial charge in [-0.3, -0.25) is 0 Å². The molecule has 0 aliphatic rings. The zero-order valence-electron chi connectivity index (χ0n) is 30.7. The number of rotatable bonds is 35. The minimum atomic E-state index is -4.88. The van der Waals surface area contributed by atoms with E-state index < -0.39 is 37.5 Å². The van der Waals surface area contributed by atoms with Crippen LogP contribution in [0.4, 0.5) is 0 Å². The molecule has 0 bridgehead atoms. The van der Waals surface area contributed by atoms with Crippen LogP contribution in [0, 0.1) is 0 Å². The Morgan fingerprint density at radius 2 is 0.630 bits per heavy atom. The molecule has 7 heteroatoms. The quantitative estimate of drug-likeness (QED) is 0.0364. The molecule has 0 saturated carbocycles. The Labute approximate surface area is 290 Å². The molecule has 0 fully saturated rings. The van der Waals surface area contributed by atoms with Crippen molar-refractivity contribution < 1.29 is 23.6 Å². The first-order valence-corrected chi connectivity index (χ1v) is 25.2. The SMILES string of the molecule is C=C[CH2][Sn]([O]C(=O)CCCCCCCCCCC)([O]C(=O)CCCCCCCCCCC)[O]C(=O)CCCCCCCCCCC. The maximum atomic E-state index is 13.0. The van der Waals surface area contributed by atoms with Crippen molar-refractivity contribution in [3.8, 4) is 0 Å². The van der Waals surface area contributed by atoms with Gasteiger partial charge in [-0.05, 0) is 0 Å². The molecular weight excluding hydrogens is 683 g/mol. The number of hydrogen-bond donors (Lipinski definition) is 0. The van der Waals surface area contributed by atoms with Crippen LogP contribution in [0.5, 0.6) is 0 Å². The zero-order chi connectivity index (χ0) is 34.0. The maximum absolute atomic E-state index is 13.0. The molecule has 270 valence electrons. The number of unbranched alkanes of at least 4 members (excludes halogenated alkanes) is 24. The van der Waals surface area contributed by atoms with Gasteiger partial charge in [0.05, 0.1) is 0 Å². The van der Waals surface area contributed by atoms with Gasteiger partial charge in [0.1, 0.15) is 0 Å². The van der Waals surface area contributed by atoms with E-state index >= 15 is 0 Å². The molecule has 0 aliphatic heterocycles. The summed E-state index contributed by atoms with van der Waals surface area (Å²) in [6.45, 7) is 10.5. The van der Waals surface area contributed by atoms with E-state index in [2.05, 4.69) is 27.4 Å². The van der Waals surface area contributed by atoms with Crippen LogP contribution in [0.1, 0.15) is 213 Å². The van der Waals surface area contributed by atoms with Crippen LogP contribution in [-0.2, 0) is 23.6 Å². The summed E-state index contributed by atoms with van der Waals surface area (Å²) in [5.74, 6) is -1.27. The second-order valence-corrected chi connectivity index (χ2v) is 20.1. The molecular formula is C39H74O6Sn. The van der Waals surface area contributed by atoms with Gasteiger partial charge in [-0.2, -0.15) is 0 Å². The van der Waals surface area contributed by atoms with Crippen molar-refractivity contribution >= 4 is 37.5 Å². The molecule has 0 atom stereocenters. The summed E-state index contributed by atoms with van der Waals surface area (Å²) in [6, 6.07) is 0. The van der Waals surface area contributed by atoms with Crippen molar-refractivity contribution in [2.75, 3.05) is 0 Å². The summed E-state index contributed by atoms with van der Waals surface area (Å²) in [5, 5.41) is 0. The van der Waals surface area contributed by atoms with Gasteiger partial charge in [0, 0.05) is 0 Å². The van der Waals surface area contributed by atoms with E-state index in [9.17, 15) is 14.4 Å². The van der Waals surface area contributed by atoms with E-state index in [1.54, 1.807) is 6.08 Å². The van der Waals surface area contributed by atoms with Crippen molar-refractivity contribution in [2.45, 2.75) is 218 Å². The van der Waals surface area contributed by atoms with Crippen molar-refractivity contribution in [2.24, 2.45) is 0 Å². The summed E-state index contributed by atoms with van der Waals surface area (Å²) in [6.07, 6.45) is 33.4. The number of carbonyl (C=O) groups excluding carboxylic acids is 3. The van der Waals surface area contributed by atoms with Crippen molar-refractivity contribution in [3.05, 3.63) is 12.7 Å². The van der Waals surface area contributed by atoms with E-state index in [0.29, 0.717) is 0 Å². The first-order chi connectivity index (χ1) is 22.4. The number of hydrogen-bond acceptors (Lipinski definition) is 6. The molecule has 0 unspecified atom stereocenters. The van der Waals surface area contributed by atoms with E-state index in [1.807, 2.05) is 0 Å².